The molecule has 68 valence electrons. The molecule has 0 amide bonds. The molecule has 3 heteroatoms. The summed E-state index contributed by atoms with van der Waals surface area (Å²) in [7, 11) is 0. The summed E-state index contributed by atoms with van der Waals surface area (Å²) in [5.41, 5.74) is 2.17. The first-order chi connectivity index (χ1) is 6.84. The lowest BCUT2D eigenvalue weighted by Gasteiger charge is -1.86. The van der Waals surface area contributed by atoms with E-state index in [1.807, 2.05) is 24.3 Å². The van der Waals surface area contributed by atoms with Crippen LogP contribution in [0.3, 0.4) is 0 Å². The van der Waals surface area contributed by atoms with Gasteiger partial charge in [0.15, 0.2) is 5.58 Å². The van der Waals surface area contributed by atoms with E-state index >= 15 is 0 Å². The van der Waals surface area contributed by atoms with Gasteiger partial charge in [-0.25, -0.2) is 0 Å². The van der Waals surface area contributed by atoms with Crippen molar-refractivity contribution in [3.05, 3.63) is 46.8 Å². The van der Waals surface area contributed by atoms with Crippen molar-refractivity contribution in [3.8, 4) is 0 Å². The molecule has 0 radical (unpaired) electrons. The third-order valence-electron chi connectivity index (χ3n) is 2.26. The van der Waals surface area contributed by atoms with Crippen molar-refractivity contribution >= 4 is 22.1 Å². The first-order valence-corrected chi connectivity index (χ1v) is 4.35. The van der Waals surface area contributed by atoms with Gasteiger partial charge in [0.05, 0.1) is 5.52 Å². The molecule has 14 heavy (non-hydrogen) atoms. The highest BCUT2D eigenvalue weighted by atomic mass is 16.3. The van der Waals surface area contributed by atoms with Crippen LogP contribution in [0.5, 0.6) is 0 Å². The van der Waals surface area contributed by atoms with Crippen molar-refractivity contribution in [1.82, 2.24) is 4.98 Å². The molecule has 0 bridgehead atoms. The number of aromatic nitrogens is 1. The Kier molecular flexibility index (Phi) is 1.31. The monoisotopic (exact) mass is 185 g/mol. The lowest BCUT2D eigenvalue weighted by Crippen LogP contribution is -2.00. The number of aromatic amines is 1. The number of benzene rings is 1. The second-order valence-electron chi connectivity index (χ2n) is 3.16. The molecular weight excluding hydrogens is 178 g/mol. The first kappa shape index (κ1) is 7.38. The van der Waals surface area contributed by atoms with E-state index in [9.17, 15) is 4.79 Å². The zero-order valence-corrected chi connectivity index (χ0v) is 7.28. The molecule has 3 aromatic rings. The Morgan fingerprint density at radius 1 is 1.00 bits per heavy atom. The van der Waals surface area contributed by atoms with Crippen LogP contribution in [0.15, 0.2) is 45.6 Å². The Morgan fingerprint density at radius 2 is 1.86 bits per heavy atom. The number of rotatable bonds is 0. The van der Waals surface area contributed by atoms with Gasteiger partial charge in [0.1, 0.15) is 5.58 Å². The molecule has 0 spiro atoms. The molecule has 0 aliphatic rings. The number of pyridine rings is 1. The Labute approximate surface area is 79.0 Å². The lowest BCUT2D eigenvalue weighted by molar-refractivity contribution is 0.668. The molecule has 0 aliphatic carbocycles. The van der Waals surface area contributed by atoms with E-state index in [1.54, 1.807) is 6.07 Å². The van der Waals surface area contributed by atoms with Gasteiger partial charge in [0.2, 0.25) is 5.56 Å². The summed E-state index contributed by atoms with van der Waals surface area (Å²) < 4.78 is 5.54. The topological polar surface area (TPSA) is 46.0 Å². The fraction of sp³-hybridized carbons (Fsp3) is 0. The van der Waals surface area contributed by atoms with Gasteiger partial charge in [0.25, 0.3) is 0 Å². The van der Waals surface area contributed by atoms with Crippen molar-refractivity contribution in [2.24, 2.45) is 0 Å². The summed E-state index contributed by atoms with van der Waals surface area (Å²) in [5.74, 6) is 0. The van der Waals surface area contributed by atoms with Gasteiger partial charge in [-0.1, -0.05) is 12.1 Å². The van der Waals surface area contributed by atoms with Crippen molar-refractivity contribution in [2.75, 3.05) is 0 Å². The van der Waals surface area contributed by atoms with Crippen LogP contribution in [-0.2, 0) is 0 Å². The minimum atomic E-state index is -0.107. The van der Waals surface area contributed by atoms with E-state index in [0.29, 0.717) is 5.58 Å². The number of nitrogens with one attached hydrogen (secondary N) is 1. The summed E-state index contributed by atoms with van der Waals surface area (Å²) in [6, 6.07) is 10.8. The lowest BCUT2D eigenvalue weighted by atomic mass is 10.2. The maximum Gasteiger partial charge on any atom is 0.248 e. The van der Waals surface area contributed by atoms with E-state index < -0.39 is 0 Å². The summed E-state index contributed by atoms with van der Waals surface area (Å²) in [6.07, 6.45) is 0. The Bertz CT molecular complexity index is 663. The largest absolute Gasteiger partial charge is 0.454 e. The highest BCUT2D eigenvalue weighted by molar-refractivity contribution is 6.01. The fourth-order valence-electron chi connectivity index (χ4n) is 1.63. The van der Waals surface area contributed by atoms with Crippen LogP contribution in [0.25, 0.3) is 22.1 Å². The van der Waals surface area contributed by atoms with Crippen molar-refractivity contribution in [2.45, 2.75) is 0 Å². The van der Waals surface area contributed by atoms with Crippen LogP contribution in [0.2, 0.25) is 0 Å². The predicted octanol–water partition coefficient (Wildman–Crippen LogP) is 2.27. The Hall–Kier alpha value is -2.03. The fourth-order valence-corrected chi connectivity index (χ4v) is 1.63. The van der Waals surface area contributed by atoms with Crippen LogP contribution in [0.1, 0.15) is 0 Å². The maximum atomic E-state index is 11.1. The average molecular weight is 185 g/mol. The van der Waals surface area contributed by atoms with E-state index in [1.165, 1.54) is 6.07 Å². The third-order valence-corrected chi connectivity index (χ3v) is 2.26. The third kappa shape index (κ3) is 0.893. The summed E-state index contributed by atoms with van der Waals surface area (Å²) >= 11 is 0. The van der Waals surface area contributed by atoms with Gasteiger partial charge in [0, 0.05) is 11.5 Å². The molecule has 1 N–H and O–H groups in total. The number of furan rings is 1. The standard InChI is InChI=1S/C11H7NO2/c13-10-6-5-9-11(12-10)7-3-1-2-4-8(7)14-9/h1-6H,(H,12,13). The first-order valence-electron chi connectivity index (χ1n) is 4.35. The summed E-state index contributed by atoms with van der Waals surface area (Å²) in [6.45, 7) is 0. The highest BCUT2D eigenvalue weighted by Crippen LogP contribution is 2.24. The Balaban J connectivity index is 2.65. The predicted molar refractivity (Wildman–Crippen MR) is 54.3 cm³/mol. The number of H-pyrrole nitrogens is 1. The zero-order chi connectivity index (χ0) is 9.54. The molecule has 0 unspecified atom stereocenters. The maximum absolute atomic E-state index is 11.1. The van der Waals surface area contributed by atoms with Crippen molar-refractivity contribution in [1.29, 1.82) is 0 Å². The normalized spacial score (nSPS) is 11.1. The highest BCUT2D eigenvalue weighted by Gasteiger charge is 2.05. The number of para-hydroxylation sites is 1. The van der Waals surface area contributed by atoms with Gasteiger partial charge >= 0.3 is 0 Å². The van der Waals surface area contributed by atoms with Gasteiger partial charge < -0.3 is 9.40 Å². The second-order valence-corrected chi connectivity index (χ2v) is 3.16. The van der Waals surface area contributed by atoms with E-state index in [-0.39, 0.29) is 5.56 Å². The zero-order valence-electron chi connectivity index (χ0n) is 7.28. The van der Waals surface area contributed by atoms with E-state index in [0.717, 1.165) is 16.5 Å². The molecule has 0 saturated carbocycles. The van der Waals surface area contributed by atoms with Crippen LogP contribution in [0, 0.1) is 0 Å². The van der Waals surface area contributed by atoms with Gasteiger partial charge in [-0.05, 0) is 18.2 Å². The molecule has 0 saturated heterocycles. The van der Waals surface area contributed by atoms with E-state index in [2.05, 4.69) is 4.98 Å². The number of fused-ring (bicyclic) bond motifs is 3. The minimum absolute atomic E-state index is 0.107. The van der Waals surface area contributed by atoms with Gasteiger partial charge in [-0.2, -0.15) is 0 Å². The SMILES string of the molecule is O=c1ccc2oc3ccccc3c2[nH]1. The summed E-state index contributed by atoms with van der Waals surface area (Å²) in [5, 5.41) is 0.945. The van der Waals surface area contributed by atoms with E-state index in [4.69, 9.17) is 4.42 Å². The van der Waals surface area contributed by atoms with Crippen molar-refractivity contribution < 1.29 is 4.42 Å². The molecular formula is C11H7NO2. The number of hydrogen-bond donors (Lipinski definition) is 1. The molecule has 2 aromatic heterocycles. The molecule has 2 heterocycles. The minimum Gasteiger partial charge on any atom is -0.454 e. The van der Waals surface area contributed by atoms with Crippen LogP contribution in [-0.4, -0.2) is 4.98 Å². The molecule has 0 fully saturated rings. The average Bonchev–Trinajstić information content (AvgIpc) is 2.56. The molecule has 3 nitrogen and oxygen atoms in total. The van der Waals surface area contributed by atoms with Gasteiger partial charge in [-0.15, -0.1) is 0 Å². The molecule has 3 rings (SSSR count). The smallest absolute Gasteiger partial charge is 0.248 e. The van der Waals surface area contributed by atoms with Crippen LogP contribution in [0.4, 0.5) is 0 Å². The summed E-state index contributed by atoms with van der Waals surface area (Å²) in [4.78, 5) is 13.9. The Morgan fingerprint density at radius 3 is 2.79 bits per heavy atom. The molecule has 1 aromatic carbocycles. The van der Waals surface area contributed by atoms with Crippen molar-refractivity contribution in [3.63, 3.8) is 0 Å². The number of hydrogen-bond acceptors (Lipinski definition) is 2. The van der Waals surface area contributed by atoms with Crippen LogP contribution < -0.4 is 5.56 Å². The van der Waals surface area contributed by atoms with Gasteiger partial charge in [-0.3, -0.25) is 4.79 Å². The second kappa shape index (κ2) is 2.48. The molecule has 0 atom stereocenters. The molecule has 0 aliphatic heterocycles. The van der Waals surface area contributed by atoms with Crippen LogP contribution >= 0.6 is 0 Å². The quantitative estimate of drug-likeness (QED) is 0.584.